The number of benzene rings is 2. The number of piperazine rings is 1. The van der Waals surface area contributed by atoms with Gasteiger partial charge in [-0.1, -0.05) is 0 Å². The van der Waals surface area contributed by atoms with Gasteiger partial charge in [-0.15, -0.1) is 5.06 Å². The molecule has 0 bridgehead atoms. The molecule has 0 radical (unpaired) electrons. The van der Waals surface area contributed by atoms with Gasteiger partial charge in [0.25, 0.3) is 5.91 Å². The molecule has 6 heteroatoms. The molecule has 1 aliphatic heterocycles. The number of fused-ring (bicyclic) bond motifs is 1. The van der Waals surface area contributed by atoms with Crippen LogP contribution in [0.15, 0.2) is 54.7 Å². The first-order chi connectivity index (χ1) is 13.2. The minimum atomic E-state index is 0.0476. The van der Waals surface area contributed by atoms with Crippen molar-refractivity contribution in [1.82, 2.24) is 14.9 Å². The lowest BCUT2D eigenvalue weighted by Crippen LogP contribution is -2.49. The minimum Gasteiger partial charge on any atom is -0.494 e. The highest BCUT2D eigenvalue weighted by Crippen LogP contribution is 2.21. The third-order valence-electron chi connectivity index (χ3n) is 4.70. The number of hydroxylamine groups is 2. The number of carbonyl (C=O) groups is 1. The smallest absolute Gasteiger partial charge is 0.253 e. The summed E-state index contributed by atoms with van der Waals surface area (Å²) in [5, 5.41) is 3.03. The zero-order valence-corrected chi connectivity index (χ0v) is 15.4. The van der Waals surface area contributed by atoms with E-state index >= 15 is 0 Å². The summed E-state index contributed by atoms with van der Waals surface area (Å²) in [6.45, 7) is 5.18. The number of rotatable bonds is 5. The van der Waals surface area contributed by atoms with Gasteiger partial charge in [-0.2, -0.15) is 0 Å². The monoisotopic (exact) mass is 365 g/mol. The summed E-state index contributed by atoms with van der Waals surface area (Å²) in [5.41, 5.74) is 1.78. The van der Waals surface area contributed by atoms with Crippen LogP contribution in [0.5, 0.6) is 11.5 Å². The van der Waals surface area contributed by atoms with Gasteiger partial charge in [0.15, 0.2) is 0 Å². The van der Waals surface area contributed by atoms with Crippen molar-refractivity contribution in [2.45, 2.75) is 6.92 Å². The number of hydrogen-bond donors (Lipinski definition) is 1. The molecule has 0 aliphatic carbocycles. The first-order valence-corrected chi connectivity index (χ1v) is 9.25. The van der Waals surface area contributed by atoms with Crippen molar-refractivity contribution in [3.63, 3.8) is 0 Å². The zero-order valence-electron chi connectivity index (χ0n) is 15.4. The Balaban J connectivity index is 1.33. The van der Waals surface area contributed by atoms with E-state index in [4.69, 9.17) is 9.57 Å². The summed E-state index contributed by atoms with van der Waals surface area (Å²) in [6.07, 6.45) is 1.92. The molecule has 0 atom stereocenters. The number of carbonyl (C=O) groups excluding carboxylic acids is 1. The third kappa shape index (κ3) is 3.90. The highest BCUT2D eigenvalue weighted by Gasteiger charge is 2.23. The molecule has 4 rings (SSSR count). The maximum atomic E-state index is 12.7. The van der Waals surface area contributed by atoms with Crippen LogP contribution >= 0.6 is 0 Å². The van der Waals surface area contributed by atoms with Crippen molar-refractivity contribution in [2.75, 3.05) is 32.8 Å². The van der Waals surface area contributed by atoms with Crippen molar-refractivity contribution in [1.29, 1.82) is 0 Å². The number of ether oxygens (including phenoxy) is 1. The molecule has 1 amide bonds. The summed E-state index contributed by atoms with van der Waals surface area (Å²) in [6, 6.07) is 15.3. The highest BCUT2D eigenvalue weighted by atomic mass is 16.7. The Bertz CT molecular complexity index is 912. The van der Waals surface area contributed by atoms with E-state index in [0.29, 0.717) is 38.3 Å². The number of nitrogens with zero attached hydrogens (tertiary/aromatic N) is 2. The molecule has 2 heterocycles. The standard InChI is InChI=1S/C21H23N3O3/c1-2-26-18-5-3-16(4-6-18)21(25)23-11-13-24(14-12-23)27-19-7-8-20-17(15-19)9-10-22-20/h3-10,15,22H,2,11-14H2,1H3. The van der Waals surface area contributed by atoms with Crippen molar-refractivity contribution < 1.29 is 14.4 Å². The Hall–Kier alpha value is -2.99. The van der Waals surface area contributed by atoms with Crippen LogP contribution < -0.4 is 9.57 Å². The lowest BCUT2D eigenvalue weighted by molar-refractivity contribution is -0.0831. The van der Waals surface area contributed by atoms with Crippen molar-refractivity contribution in [2.24, 2.45) is 0 Å². The van der Waals surface area contributed by atoms with Crippen LogP contribution in [0.2, 0.25) is 0 Å². The Morgan fingerprint density at radius 2 is 1.74 bits per heavy atom. The van der Waals surface area contributed by atoms with Gasteiger partial charge < -0.3 is 19.5 Å². The predicted octanol–water partition coefficient (Wildman–Crippen LogP) is 3.32. The second-order valence-corrected chi connectivity index (χ2v) is 6.50. The van der Waals surface area contributed by atoms with Crippen LogP contribution in [-0.2, 0) is 0 Å². The Labute approximate surface area is 158 Å². The normalized spacial score (nSPS) is 15.1. The Morgan fingerprint density at radius 1 is 1.00 bits per heavy atom. The molecule has 140 valence electrons. The van der Waals surface area contributed by atoms with E-state index in [1.165, 1.54) is 0 Å². The van der Waals surface area contributed by atoms with Crippen LogP contribution in [0.4, 0.5) is 0 Å². The van der Waals surface area contributed by atoms with Gasteiger partial charge in [0.2, 0.25) is 0 Å². The molecule has 1 aromatic heterocycles. The lowest BCUT2D eigenvalue weighted by Gasteiger charge is -2.34. The van der Waals surface area contributed by atoms with E-state index in [2.05, 4.69) is 4.98 Å². The van der Waals surface area contributed by atoms with Gasteiger partial charge in [-0.25, -0.2) is 0 Å². The zero-order chi connectivity index (χ0) is 18.6. The fraction of sp³-hybridized carbons (Fsp3) is 0.286. The molecule has 6 nitrogen and oxygen atoms in total. The van der Waals surface area contributed by atoms with Crippen LogP contribution in [0.3, 0.4) is 0 Å². The quantitative estimate of drug-likeness (QED) is 0.754. The van der Waals surface area contributed by atoms with Gasteiger partial charge in [0, 0.05) is 35.8 Å². The molecule has 1 N–H and O–H groups in total. The average molecular weight is 365 g/mol. The summed E-state index contributed by atoms with van der Waals surface area (Å²) >= 11 is 0. The molecule has 1 saturated heterocycles. The van der Waals surface area contributed by atoms with Crippen LogP contribution in [0.25, 0.3) is 10.9 Å². The van der Waals surface area contributed by atoms with Crippen molar-refractivity contribution in [3.8, 4) is 11.5 Å². The van der Waals surface area contributed by atoms with Gasteiger partial charge >= 0.3 is 0 Å². The molecule has 1 aliphatic rings. The van der Waals surface area contributed by atoms with Crippen LogP contribution in [-0.4, -0.2) is 53.6 Å². The lowest BCUT2D eigenvalue weighted by atomic mass is 10.2. The van der Waals surface area contributed by atoms with Crippen LogP contribution in [0.1, 0.15) is 17.3 Å². The first kappa shape index (κ1) is 17.4. The SMILES string of the molecule is CCOc1ccc(C(=O)N2CCN(Oc3ccc4[nH]ccc4c3)CC2)cc1. The molecule has 2 aromatic carbocycles. The Morgan fingerprint density at radius 3 is 2.48 bits per heavy atom. The third-order valence-corrected chi connectivity index (χ3v) is 4.70. The van der Waals surface area contributed by atoms with Gasteiger partial charge in [-0.3, -0.25) is 4.79 Å². The van der Waals surface area contributed by atoms with E-state index in [0.717, 1.165) is 22.4 Å². The second-order valence-electron chi connectivity index (χ2n) is 6.50. The average Bonchev–Trinajstić information content (AvgIpc) is 3.17. The van der Waals surface area contributed by atoms with E-state index in [9.17, 15) is 4.79 Å². The second kappa shape index (κ2) is 7.72. The fourth-order valence-corrected chi connectivity index (χ4v) is 3.26. The topological polar surface area (TPSA) is 57.8 Å². The number of aromatic amines is 1. The molecule has 0 unspecified atom stereocenters. The van der Waals surface area contributed by atoms with Gasteiger partial charge in [0.05, 0.1) is 19.7 Å². The van der Waals surface area contributed by atoms with E-state index < -0.39 is 0 Å². The molecular weight excluding hydrogens is 342 g/mol. The molecule has 0 saturated carbocycles. The molecule has 27 heavy (non-hydrogen) atoms. The first-order valence-electron chi connectivity index (χ1n) is 9.25. The maximum Gasteiger partial charge on any atom is 0.253 e. The number of hydrogen-bond acceptors (Lipinski definition) is 4. The van der Waals surface area contributed by atoms with E-state index in [-0.39, 0.29) is 5.91 Å². The summed E-state index contributed by atoms with van der Waals surface area (Å²) in [7, 11) is 0. The van der Waals surface area contributed by atoms with Crippen molar-refractivity contribution >= 4 is 16.8 Å². The number of nitrogens with one attached hydrogen (secondary N) is 1. The largest absolute Gasteiger partial charge is 0.494 e. The molecular formula is C21H23N3O3. The van der Waals surface area contributed by atoms with Gasteiger partial charge in [-0.05, 0) is 55.5 Å². The minimum absolute atomic E-state index is 0.0476. The van der Waals surface area contributed by atoms with Crippen molar-refractivity contribution in [3.05, 3.63) is 60.3 Å². The summed E-state index contributed by atoms with van der Waals surface area (Å²) in [5.74, 6) is 1.64. The summed E-state index contributed by atoms with van der Waals surface area (Å²) < 4.78 is 5.43. The van der Waals surface area contributed by atoms with E-state index in [1.54, 1.807) is 0 Å². The molecule has 3 aromatic rings. The van der Waals surface area contributed by atoms with Crippen LogP contribution in [0, 0.1) is 0 Å². The van der Waals surface area contributed by atoms with E-state index in [1.807, 2.05) is 71.6 Å². The highest BCUT2D eigenvalue weighted by molar-refractivity contribution is 5.94. The number of amides is 1. The molecule has 1 fully saturated rings. The fourth-order valence-electron chi connectivity index (χ4n) is 3.26. The Kier molecular flexibility index (Phi) is 4.98. The molecule has 0 spiro atoms. The summed E-state index contributed by atoms with van der Waals surface area (Å²) in [4.78, 5) is 23.7. The predicted molar refractivity (Wildman–Crippen MR) is 104 cm³/mol. The maximum absolute atomic E-state index is 12.7. The number of aromatic nitrogens is 1. The van der Waals surface area contributed by atoms with Gasteiger partial charge in [0.1, 0.15) is 11.5 Å². The number of H-pyrrole nitrogens is 1.